The summed E-state index contributed by atoms with van der Waals surface area (Å²) in [7, 11) is 0. The van der Waals surface area contributed by atoms with Crippen LogP contribution in [0.1, 0.15) is 5.56 Å². The summed E-state index contributed by atoms with van der Waals surface area (Å²) >= 11 is 2.85. The van der Waals surface area contributed by atoms with Crippen LogP contribution in [0.4, 0.5) is 11.4 Å². The van der Waals surface area contributed by atoms with Gasteiger partial charge >= 0.3 is 0 Å². The molecule has 9 heteroatoms. The van der Waals surface area contributed by atoms with Gasteiger partial charge in [0, 0.05) is 23.1 Å². The molecule has 0 aliphatic rings. The summed E-state index contributed by atoms with van der Waals surface area (Å²) in [4.78, 5) is 23.2. The minimum Gasteiger partial charge on any atom is -0.321 e. The highest BCUT2D eigenvalue weighted by Crippen LogP contribution is 2.33. The first-order valence-electron chi connectivity index (χ1n) is 7.38. The minimum atomic E-state index is -0.466. The molecule has 130 valence electrons. The van der Waals surface area contributed by atoms with Crippen molar-refractivity contribution in [1.82, 2.24) is 10.2 Å². The number of anilines is 1. The summed E-state index contributed by atoms with van der Waals surface area (Å²) in [6.07, 6.45) is 2.98. The first-order chi connectivity index (χ1) is 12.6. The number of para-hydroxylation sites is 1. The van der Waals surface area contributed by atoms with Crippen molar-refractivity contribution in [2.45, 2.75) is 9.24 Å². The van der Waals surface area contributed by atoms with Crippen LogP contribution >= 0.6 is 23.1 Å². The van der Waals surface area contributed by atoms with E-state index < -0.39 is 4.92 Å². The molecule has 0 spiro atoms. The van der Waals surface area contributed by atoms with Crippen molar-refractivity contribution >= 4 is 46.5 Å². The van der Waals surface area contributed by atoms with Gasteiger partial charge in [0.05, 0.1) is 10.6 Å². The van der Waals surface area contributed by atoms with Crippen molar-refractivity contribution in [3.05, 3.63) is 75.8 Å². The van der Waals surface area contributed by atoms with Crippen molar-refractivity contribution in [3.63, 3.8) is 0 Å². The number of carbonyl (C=O) groups excluding carboxylic acids is 1. The fraction of sp³-hybridized carbons (Fsp3) is 0. The second kappa shape index (κ2) is 8.37. The number of nitrogens with zero attached hydrogens (tertiary/aromatic N) is 3. The van der Waals surface area contributed by atoms with Gasteiger partial charge in [-0.3, -0.25) is 14.9 Å². The van der Waals surface area contributed by atoms with E-state index in [-0.39, 0.29) is 11.6 Å². The van der Waals surface area contributed by atoms with Crippen molar-refractivity contribution in [2.24, 2.45) is 0 Å². The number of benzene rings is 2. The summed E-state index contributed by atoms with van der Waals surface area (Å²) in [6, 6.07) is 13.4. The van der Waals surface area contributed by atoms with E-state index in [1.165, 1.54) is 41.3 Å². The maximum atomic E-state index is 12.2. The Hall–Kier alpha value is -3.04. The van der Waals surface area contributed by atoms with Gasteiger partial charge in [0.1, 0.15) is 5.51 Å². The van der Waals surface area contributed by atoms with Gasteiger partial charge in [-0.05, 0) is 35.9 Å². The summed E-state index contributed by atoms with van der Waals surface area (Å²) in [6.45, 7) is 0. The Morgan fingerprint density at radius 2 is 1.96 bits per heavy atom. The molecule has 0 radical (unpaired) electrons. The van der Waals surface area contributed by atoms with Gasteiger partial charge in [0.25, 0.3) is 5.69 Å². The van der Waals surface area contributed by atoms with E-state index in [0.29, 0.717) is 11.3 Å². The van der Waals surface area contributed by atoms with Crippen molar-refractivity contribution in [1.29, 1.82) is 0 Å². The van der Waals surface area contributed by atoms with Crippen LogP contribution in [0.3, 0.4) is 0 Å². The molecule has 26 heavy (non-hydrogen) atoms. The Morgan fingerprint density at radius 1 is 1.19 bits per heavy atom. The third kappa shape index (κ3) is 4.74. The molecule has 0 fully saturated rings. The summed E-state index contributed by atoms with van der Waals surface area (Å²) in [5.41, 5.74) is 3.03. The number of amides is 1. The predicted octanol–water partition coefficient (Wildman–Crippen LogP) is 4.25. The summed E-state index contributed by atoms with van der Waals surface area (Å²) in [5, 5.41) is 21.2. The molecule has 1 N–H and O–H groups in total. The molecule has 0 aliphatic heterocycles. The number of hydrogen-bond donors (Lipinski definition) is 1. The molecule has 0 unspecified atom stereocenters. The van der Waals surface area contributed by atoms with E-state index in [0.717, 1.165) is 9.24 Å². The standard InChI is InChI=1S/C17H12N4O3S2/c22-16(10-7-12-5-8-13(9-6-12)21(23)24)19-14-3-1-2-4-15(14)26-17-20-18-11-25-17/h1-11H,(H,19,22)/b10-7+. The van der Waals surface area contributed by atoms with E-state index in [2.05, 4.69) is 15.5 Å². The monoisotopic (exact) mass is 384 g/mol. The Morgan fingerprint density at radius 3 is 2.65 bits per heavy atom. The molecule has 0 saturated heterocycles. The fourth-order valence-electron chi connectivity index (χ4n) is 2.01. The Bertz CT molecular complexity index is 941. The Balaban J connectivity index is 1.67. The van der Waals surface area contributed by atoms with Crippen LogP contribution in [0, 0.1) is 10.1 Å². The van der Waals surface area contributed by atoms with E-state index >= 15 is 0 Å². The highest BCUT2D eigenvalue weighted by atomic mass is 32.2. The molecule has 0 bridgehead atoms. The van der Waals surface area contributed by atoms with Crippen LogP contribution in [0.5, 0.6) is 0 Å². The quantitative estimate of drug-likeness (QED) is 0.388. The molecule has 1 aromatic heterocycles. The zero-order valence-electron chi connectivity index (χ0n) is 13.2. The van der Waals surface area contributed by atoms with Crippen molar-refractivity contribution in [2.75, 3.05) is 5.32 Å². The lowest BCUT2D eigenvalue weighted by atomic mass is 10.2. The van der Waals surface area contributed by atoms with Crippen LogP contribution in [0.15, 0.2) is 69.4 Å². The SMILES string of the molecule is O=C(/C=C/c1ccc([N+](=O)[O-])cc1)Nc1ccccc1Sc1nncs1. The predicted molar refractivity (Wildman–Crippen MR) is 101 cm³/mol. The number of hydrogen-bond acceptors (Lipinski definition) is 7. The molecule has 0 aliphatic carbocycles. The maximum Gasteiger partial charge on any atom is 0.269 e. The smallest absolute Gasteiger partial charge is 0.269 e. The Labute approximate surface area is 156 Å². The molecule has 1 heterocycles. The Kier molecular flexibility index (Phi) is 5.72. The first kappa shape index (κ1) is 17.8. The van der Waals surface area contributed by atoms with Crippen molar-refractivity contribution < 1.29 is 9.72 Å². The lowest BCUT2D eigenvalue weighted by Gasteiger charge is -2.07. The van der Waals surface area contributed by atoms with Crippen LogP contribution in [-0.2, 0) is 4.79 Å². The van der Waals surface area contributed by atoms with Gasteiger partial charge in [-0.15, -0.1) is 10.2 Å². The van der Waals surface area contributed by atoms with E-state index in [9.17, 15) is 14.9 Å². The number of nitro benzene ring substituents is 1. The number of nitrogens with one attached hydrogen (secondary N) is 1. The molecular formula is C17H12N4O3S2. The average molecular weight is 384 g/mol. The zero-order chi connectivity index (χ0) is 18.4. The van der Waals surface area contributed by atoms with Gasteiger partial charge in [-0.25, -0.2) is 0 Å². The van der Waals surface area contributed by atoms with Crippen LogP contribution in [0.25, 0.3) is 6.08 Å². The molecule has 1 amide bonds. The largest absolute Gasteiger partial charge is 0.321 e. The number of non-ortho nitro benzene ring substituents is 1. The fourth-order valence-corrected chi connectivity index (χ4v) is 3.54. The topological polar surface area (TPSA) is 98.0 Å². The number of aromatic nitrogens is 2. The molecule has 7 nitrogen and oxygen atoms in total. The highest BCUT2D eigenvalue weighted by molar-refractivity contribution is 8.01. The molecular weight excluding hydrogens is 372 g/mol. The zero-order valence-corrected chi connectivity index (χ0v) is 14.9. The lowest BCUT2D eigenvalue weighted by Crippen LogP contribution is -2.08. The van der Waals surface area contributed by atoms with Gasteiger partial charge < -0.3 is 5.32 Å². The van der Waals surface area contributed by atoms with Gasteiger partial charge in [-0.1, -0.05) is 35.2 Å². The van der Waals surface area contributed by atoms with Crippen LogP contribution in [-0.4, -0.2) is 21.0 Å². The first-order valence-corrected chi connectivity index (χ1v) is 9.08. The third-order valence-corrected chi connectivity index (χ3v) is 5.07. The van der Waals surface area contributed by atoms with E-state index in [4.69, 9.17) is 0 Å². The van der Waals surface area contributed by atoms with Crippen LogP contribution < -0.4 is 5.32 Å². The molecule has 3 rings (SSSR count). The highest BCUT2D eigenvalue weighted by Gasteiger charge is 2.08. The van der Waals surface area contributed by atoms with Crippen LogP contribution in [0.2, 0.25) is 0 Å². The number of carbonyl (C=O) groups is 1. The summed E-state index contributed by atoms with van der Waals surface area (Å²) in [5.74, 6) is -0.298. The normalized spacial score (nSPS) is 10.8. The second-order valence-electron chi connectivity index (χ2n) is 4.97. The number of rotatable bonds is 6. The lowest BCUT2D eigenvalue weighted by molar-refractivity contribution is -0.384. The van der Waals surface area contributed by atoms with Gasteiger partial charge in [0.15, 0.2) is 4.34 Å². The van der Waals surface area contributed by atoms with E-state index in [1.54, 1.807) is 29.8 Å². The molecule has 0 saturated carbocycles. The number of nitro groups is 1. The van der Waals surface area contributed by atoms with Gasteiger partial charge in [-0.2, -0.15) is 0 Å². The third-order valence-electron chi connectivity index (χ3n) is 3.21. The molecule has 3 aromatic rings. The van der Waals surface area contributed by atoms with Gasteiger partial charge in [0.2, 0.25) is 5.91 Å². The average Bonchev–Trinajstić information content (AvgIpc) is 3.15. The second-order valence-corrected chi connectivity index (χ2v) is 7.10. The molecule has 0 atom stereocenters. The van der Waals surface area contributed by atoms with E-state index in [1.807, 2.05) is 18.2 Å². The van der Waals surface area contributed by atoms with Crippen molar-refractivity contribution in [3.8, 4) is 0 Å². The molecule has 2 aromatic carbocycles. The summed E-state index contributed by atoms with van der Waals surface area (Å²) < 4.78 is 0.785. The minimum absolute atomic E-state index is 0.00855. The maximum absolute atomic E-state index is 12.2.